The summed E-state index contributed by atoms with van der Waals surface area (Å²) in [5.74, 6) is 0. The summed E-state index contributed by atoms with van der Waals surface area (Å²) >= 11 is 5.98. The summed E-state index contributed by atoms with van der Waals surface area (Å²) in [5.41, 5.74) is 1.23. The molecule has 1 aliphatic rings. The van der Waals surface area contributed by atoms with Crippen molar-refractivity contribution in [3.63, 3.8) is 0 Å². The normalized spacial score (nSPS) is 22.4. The SMILES string of the molecule is CO[C@H]1COCCN(Cc2cccc(Cl)c2)C1. The summed E-state index contributed by atoms with van der Waals surface area (Å²) in [6.07, 6.45) is 0.164. The van der Waals surface area contributed by atoms with Crippen molar-refractivity contribution in [2.45, 2.75) is 12.6 Å². The first-order chi connectivity index (χ1) is 8.28. The minimum atomic E-state index is 0.164. The van der Waals surface area contributed by atoms with Crippen LogP contribution < -0.4 is 0 Å². The maximum absolute atomic E-state index is 5.98. The number of methoxy groups -OCH3 is 1. The van der Waals surface area contributed by atoms with Gasteiger partial charge in [-0.15, -0.1) is 0 Å². The average Bonchev–Trinajstić information content (AvgIpc) is 2.54. The minimum absolute atomic E-state index is 0.164. The van der Waals surface area contributed by atoms with E-state index >= 15 is 0 Å². The van der Waals surface area contributed by atoms with Crippen LogP contribution in [0.4, 0.5) is 0 Å². The van der Waals surface area contributed by atoms with Crippen LogP contribution in [0.25, 0.3) is 0 Å². The molecule has 17 heavy (non-hydrogen) atoms. The van der Waals surface area contributed by atoms with Gasteiger partial charge in [-0.05, 0) is 17.7 Å². The molecule has 0 N–H and O–H groups in total. The molecule has 0 unspecified atom stereocenters. The Kier molecular flexibility index (Phi) is 4.80. The molecule has 0 aliphatic carbocycles. The minimum Gasteiger partial charge on any atom is -0.378 e. The van der Waals surface area contributed by atoms with Gasteiger partial charge in [-0.25, -0.2) is 0 Å². The van der Waals surface area contributed by atoms with Crippen LogP contribution in [-0.4, -0.2) is 44.4 Å². The molecular formula is C13H18ClNO2. The van der Waals surface area contributed by atoms with Crippen LogP contribution >= 0.6 is 11.6 Å². The highest BCUT2D eigenvalue weighted by atomic mass is 35.5. The lowest BCUT2D eigenvalue weighted by molar-refractivity contribution is 0.0225. The molecule has 0 radical (unpaired) electrons. The highest BCUT2D eigenvalue weighted by Gasteiger charge is 2.18. The largest absolute Gasteiger partial charge is 0.378 e. The second kappa shape index (κ2) is 6.36. The van der Waals surface area contributed by atoms with Gasteiger partial charge in [0.1, 0.15) is 0 Å². The zero-order valence-corrected chi connectivity index (χ0v) is 10.8. The number of benzene rings is 1. The third-order valence-electron chi connectivity index (χ3n) is 2.95. The van der Waals surface area contributed by atoms with E-state index < -0.39 is 0 Å². The molecule has 1 heterocycles. The zero-order chi connectivity index (χ0) is 12.1. The molecule has 0 spiro atoms. The fourth-order valence-corrected chi connectivity index (χ4v) is 2.23. The number of hydrogen-bond donors (Lipinski definition) is 0. The van der Waals surface area contributed by atoms with Crippen LogP contribution in [0.1, 0.15) is 5.56 Å². The molecule has 1 aliphatic heterocycles. The first-order valence-electron chi connectivity index (χ1n) is 5.85. The smallest absolute Gasteiger partial charge is 0.0931 e. The molecule has 1 atom stereocenters. The van der Waals surface area contributed by atoms with Gasteiger partial charge < -0.3 is 9.47 Å². The van der Waals surface area contributed by atoms with Crippen molar-refractivity contribution in [2.24, 2.45) is 0 Å². The zero-order valence-electron chi connectivity index (χ0n) is 10.1. The van der Waals surface area contributed by atoms with Gasteiger partial charge in [0.2, 0.25) is 0 Å². The summed E-state index contributed by atoms with van der Waals surface area (Å²) in [5, 5.41) is 0.789. The quantitative estimate of drug-likeness (QED) is 0.827. The second-order valence-corrected chi connectivity index (χ2v) is 4.73. The van der Waals surface area contributed by atoms with Crippen LogP contribution in [0.15, 0.2) is 24.3 Å². The molecule has 1 aromatic rings. The van der Waals surface area contributed by atoms with E-state index in [9.17, 15) is 0 Å². The molecule has 3 nitrogen and oxygen atoms in total. The molecule has 0 aromatic heterocycles. The Balaban J connectivity index is 1.97. The predicted octanol–water partition coefficient (Wildman–Crippen LogP) is 2.19. The highest BCUT2D eigenvalue weighted by molar-refractivity contribution is 6.30. The van der Waals surface area contributed by atoms with E-state index in [1.54, 1.807) is 7.11 Å². The fraction of sp³-hybridized carbons (Fsp3) is 0.538. The third-order valence-corrected chi connectivity index (χ3v) is 3.18. The summed E-state index contributed by atoms with van der Waals surface area (Å²) < 4.78 is 10.9. The molecule has 1 aromatic carbocycles. The topological polar surface area (TPSA) is 21.7 Å². The molecule has 1 fully saturated rings. The first-order valence-corrected chi connectivity index (χ1v) is 6.23. The maximum atomic E-state index is 5.98. The van der Waals surface area contributed by atoms with Gasteiger partial charge in [0, 0.05) is 31.8 Å². The van der Waals surface area contributed by atoms with Crippen molar-refractivity contribution in [2.75, 3.05) is 33.4 Å². The van der Waals surface area contributed by atoms with Crippen LogP contribution in [0.2, 0.25) is 5.02 Å². The van der Waals surface area contributed by atoms with Gasteiger partial charge >= 0.3 is 0 Å². The van der Waals surface area contributed by atoms with E-state index in [1.807, 2.05) is 18.2 Å². The van der Waals surface area contributed by atoms with Crippen molar-refractivity contribution in [3.8, 4) is 0 Å². The molecule has 0 amide bonds. The molecular weight excluding hydrogens is 238 g/mol. The summed E-state index contributed by atoms with van der Waals surface area (Å²) in [6, 6.07) is 7.99. The Morgan fingerprint density at radius 2 is 2.41 bits per heavy atom. The van der Waals surface area contributed by atoms with E-state index in [1.165, 1.54) is 5.56 Å². The van der Waals surface area contributed by atoms with Gasteiger partial charge in [0.15, 0.2) is 0 Å². The average molecular weight is 256 g/mol. The van der Waals surface area contributed by atoms with E-state index in [0.29, 0.717) is 6.61 Å². The number of halogens is 1. The van der Waals surface area contributed by atoms with Crippen molar-refractivity contribution in [1.29, 1.82) is 0 Å². The Bertz CT molecular complexity index is 359. The maximum Gasteiger partial charge on any atom is 0.0931 e. The molecule has 0 saturated carbocycles. The van der Waals surface area contributed by atoms with Crippen molar-refractivity contribution < 1.29 is 9.47 Å². The van der Waals surface area contributed by atoms with E-state index in [0.717, 1.165) is 31.3 Å². The summed E-state index contributed by atoms with van der Waals surface area (Å²) in [4.78, 5) is 2.34. The second-order valence-electron chi connectivity index (χ2n) is 4.30. The lowest BCUT2D eigenvalue weighted by Gasteiger charge is -2.22. The van der Waals surface area contributed by atoms with Crippen molar-refractivity contribution >= 4 is 11.6 Å². The van der Waals surface area contributed by atoms with E-state index in [4.69, 9.17) is 21.1 Å². The lowest BCUT2D eigenvalue weighted by Crippen LogP contribution is -2.33. The van der Waals surface area contributed by atoms with Crippen LogP contribution in [0, 0.1) is 0 Å². The van der Waals surface area contributed by atoms with Gasteiger partial charge in [0.25, 0.3) is 0 Å². The summed E-state index contributed by atoms with van der Waals surface area (Å²) in [7, 11) is 1.73. The van der Waals surface area contributed by atoms with Gasteiger partial charge in [-0.2, -0.15) is 0 Å². The number of hydrogen-bond acceptors (Lipinski definition) is 3. The molecule has 2 rings (SSSR count). The van der Waals surface area contributed by atoms with Crippen molar-refractivity contribution in [1.82, 2.24) is 4.90 Å². The van der Waals surface area contributed by atoms with E-state index in [-0.39, 0.29) is 6.10 Å². The Labute approximate surface area is 107 Å². The Morgan fingerprint density at radius 1 is 1.53 bits per heavy atom. The van der Waals surface area contributed by atoms with Crippen LogP contribution in [-0.2, 0) is 16.0 Å². The fourth-order valence-electron chi connectivity index (χ4n) is 2.02. The van der Waals surface area contributed by atoms with Crippen molar-refractivity contribution in [3.05, 3.63) is 34.9 Å². The number of nitrogens with zero attached hydrogens (tertiary/aromatic N) is 1. The van der Waals surface area contributed by atoms with Gasteiger partial charge in [-0.1, -0.05) is 23.7 Å². The number of ether oxygens (including phenoxy) is 2. The van der Waals surface area contributed by atoms with Crippen LogP contribution in [0.5, 0.6) is 0 Å². The monoisotopic (exact) mass is 255 g/mol. The summed E-state index contributed by atoms with van der Waals surface area (Å²) in [6.45, 7) is 4.18. The lowest BCUT2D eigenvalue weighted by atomic mass is 10.2. The predicted molar refractivity (Wildman–Crippen MR) is 68.3 cm³/mol. The van der Waals surface area contributed by atoms with Gasteiger partial charge in [0.05, 0.1) is 19.3 Å². The molecule has 4 heteroatoms. The first kappa shape index (κ1) is 12.8. The van der Waals surface area contributed by atoms with Gasteiger partial charge in [-0.3, -0.25) is 4.90 Å². The Hall–Kier alpha value is -0.610. The molecule has 94 valence electrons. The number of rotatable bonds is 3. The Morgan fingerprint density at radius 3 is 3.18 bits per heavy atom. The standard InChI is InChI=1S/C13H18ClNO2/c1-16-13-9-15(5-6-17-10-13)8-11-3-2-4-12(14)7-11/h2-4,7,13H,5-6,8-10H2,1H3/t13-/m1/s1. The molecule has 1 saturated heterocycles. The van der Waals surface area contributed by atoms with Crippen LogP contribution in [0.3, 0.4) is 0 Å². The van der Waals surface area contributed by atoms with E-state index in [2.05, 4.69) is 11.0 Å². The molecule has 0 bridgehead atoms. The third kappa shape index (κ3) is 3.96. The highest BCUT2D eigenvalue weighted by Crippen LogP contribution is 2.14.